The second-order valence-corrected chi connectivity index (χ2v) is 3.74. The Labute approximate surface area is 96.6 Å². The Hall–Kier alpha value is -1.36. The van der Waals surface area contributed by atoms with E-state index in [0.717, 1.165) is 18.8 Å². The molecule has 0 saturated carbocycles. The Morgan fingerprint density at radius 3 is 2.69 bits per heavy atom. The highest BCUT2D eigenvalue weighted by molar-refractivity contribution is 5.40. The topological polar surface area (TPSA) is 64.3 Å². The molecule has 1 rings (SSSR count). The number of ether oxygens (including phenoxy) is 1. The standard InChI is InChI=1S/C11H20N4O/c1-4-9(2)15(5-6-16-3)11-8-13-10(12)7-14-11/h7-9H,4-6H2,1-3H3,(H2,12,13). The molecule has 0 aliphatic rings. The zero-order chi connectivity index (χ0) is 12.0. The van der Waals surface area contributed by atoms with Crippen LogP contribution in [0.25, 0.3) is 0 Å². The van der Waals surface area contributed by atoms with Gasteiger partial charge in [-0.15, -0.1) is 0 Å². The molecular weight excluding hydrogens is 204 g/mol. The van der Waals surface area contributed by atoms with Crippen LogP contribution in [0, 0.1) is 0 Å². The normalized spacial score (nSPS) is 12.4. The lowest BCUT2D eigenvalue weighted by Crippen LogP contribution is -2.36. The van der Waals surface area contributed by atoms with Crippen LogP contribution in [-0.4, -0.2) is 36.3 Å². The second kappa shape index (κ2) is 6.27. The summed E-state index contributed by atoms with van der Waals surface area (Å²) in [4.78, 5) is 10.5. The van der Waals surface area contributed by atoms with Crippen molar-refractivity contribution >= 4 is 11.6 Å². The van der Waals surface area contributed by atoms with Crippen molar-refractivity contribution in [1.82, 2.24) is 9.97 Å². The van der Waals surface area contributed by atoms with Gasteiger partial charge < -0.3 is 15.4 Å². The fraction of sp³-hybridized carbons (Fsp3) is 0.636. The smallest absolute Gasteiger partial charge is 0.147 e. The average Bonchev–Trinajstić information content (AvgIpc) is 2.31. The van der Waals surface area contributed by atoms with Crippen LogP contribution >= 0.6 is 0 Å². The van der Waals surface area contributed by atoms with E-state index in [9.17, 15) is 0 Å². The monoisotopic (exact) mass is 224 g/mol. The number of rotatable bonds is 6. The molecule has 16 heavy (non-hydrogen) atoms. The van der Waals surface area contributed by atoms with Gasteiger partial charge >= 0.3 is 0 Å². The molecule has 0 spiro atoms. The summed E-state index contributed by atoms with van der Waals surface area (Å²) in [6.45, 7) is 5.80. The van der Waals surface area contributed by atoms with Crippen LogP contribution in [-0.2, 0) is 4.74 Å². The molecule has 1 aromatic heterocycles. The number of methoxy groups -OCH3 is 1. The van der Waals surface area contributed by atoms with Crippen molar-refractivity contribution in [3.8, 4) is 0 Å². The molecule has 0 bridgehead atoms. The first-order valence-corrected chi connectivity index (χ1v) is 5.52. The van der Waals surface area contributed by atoms with Gasteiger partial charge in [0, 0.05) is 19.7 Å². The van der Waals surface area contributed by atoms with E-state index < -0.39 is 0 Å². The first kappa shape index (κ1) is 12.7. The molecule has 1 aromatic rings. The van der Waals surface area contributed by atoms with E-state index >= 15 is 0 Å². The fourth-order valence-electron chi connectivity index (χ4n) is 1.45. The number of hydrogen-bond acceptors (Lipinski definition) is 5. The molecule has 1 atom stereocenters. The van der Waals surface area contributed by atoms with Crippen LogP contribution < -0.4 is 10.6 Å². The van der Waals surface area contributed by atoms with Gasteiger partial charge in [0.2, 0.25) is 0 Å². The average molecular weight is 224 g/mol. The molecule has 0 fully saturated rings. The maximum absolute atomic E-state index is 5.52. The Morgan fingerprint density at radius 2 is 2.19 bits per heavy atom. The van der Waals surface area contributed by atoms with Crippen molar-refractivity contribution in [3.63, 3.8) is 0 Å². The molecule has 90 valence electrons. The number of nitrogens with zero attached hydrogens (tertiary/aromatic N) is 3. The van der Waals surface area contributed by atoms with Crippen LogP contribution in [0.2, 0.25) is 0 Å². The van der Waals surface area contributed by atoms with Gasteiger partial charge in [-0.1, -0.05) is 6.92 Å². The number of anilines is 2. The van der Waals surface area contributed by atoms with Crippen molar-refractivity contribution in [3.05, 3.63) is 12.4 Å². The van der Waals surface area contributed by atoms with E-state index in [0.29, 0.717) is 18.5 Å². The maximum Gasteiger partial charge on any atom is 0.147 e. The SMILES string of the molecule is CCC(C)N(CCOC)c1cnc(N)cn1. The Kier molecular flexibility index (Phi) is 4.98. The van der Waals surface area contributed by atoms with E-state index in [1.165, 1.54) is 0 Å². The van der Waals surface area contributed by atoms with Crippen molar-refractivity contribution in [1.29, 1.82) is 0 Å². The third kappa shape index (κ3) is 3.34. The van der Waals surface area contributed by atoms with Gasteiger partial charge in [0.25, 0.3) is 0 Å². The molecule has 5 heteroatoms. The lowest BCUT2D eigenvalue weighted by Gasteiger charge is -2.29. The highest BCUT2D eigenvalue weighted by atomic mass is 16.5. The van der Waals surface area contributed by atoms with Gasteiger partial charge in [0.05, 0.1) is 19.0 Å². The van der Waals surface area contributed by atoms with Gasteiger partial charge in [-0.3, -0.25) is 0 Å². The van der Waals surface area contributed by atoms with Crippen molar-refractivity contribution < 1.29 is 4.74 Å². The van der Waals surface area contributed by atoms with Crippen molar-refractivity contribution in [2.24, 2.45) is 0 Å². The molecule has 2 N–H and O–H groups in total. The zero-order valence-corrected chi connectivity index (χ0v) is 10.2. The number of nitrogen functional groups attached to an aromatic ring is 1. The van der Waals surface area contributed by atoms with Crippen LogP contribution in [0.1, 0.15) is 20.3 Å². The summed E-state index contributed by atoms with van der Waals surface area (Å²) in [6.07, 6.45) is 4.34. The lowest BCUT2D eigenvalue weighted by atomic mass is 10.2. The summed E-state index contributed by atoms with van der Waals surface area (Å²) in [6, 6.07) is 0.410. The summed E-state index contributed by atoms with van der Waals surface area (Å²) >= 11 is 0. The minimum Gasteiger partial charge on any atom is -0.383 e. The summed E-state index contributed by atoms with van der Waals surface area (Å²) < 4.78 is 5.10. The first-order valence-electron chi connectivity index (χ1n) is 5.52. The second-order valence-electron chi connectivity index (χ2n) is 3.74. The predicted octanol–water partition coefficient (Wildman–Crippen LogP) is 1.31. The Morgan fingerprint density at radius 1 is 1.44 bits per heavy atom. The van der Waals surface area contributed by atoms with E-state index in [1.807, 2.05) is 0 Å². The lowest BCUT2D eigenvalue weighted by molar-refractivity contribution is 0.203. The summed E-state index contributed by atoms with van der Waals surface area (Å²) in [5.41, 5.74) is 5.52. The van der Waals surface area contributed by atoms with Crippen molar-refractivity contribution in [2.75, 3.05) is 30.9 Å². The van der Waals surface area contributed by atoms with E-state index in [-0.39, 0.29) is 0 Å². The van der Waals surface area contributed by atoms with Gasteiger partial charge in [-0.25, -0.2) is 9.97 Å². The maximum atomic E-state index is 5.52. The van der Waals surface area contributed by atoms with Crippen molar-refractivity contribution in [2.45, 2.75) is 26.3 Å². The summed E-state index contributed by atoms with van der Waals surface area (Å²) in [5, 5.41) is 0. The minimum absolute atomic E-state index is 0.410. The van der Waals surface area contributed by atoms with Gasteiger partial charge in [-0.2, -0.15) is 0 Å². The number of aromatic nitrogens is 2. The first-order chi connectivity index (χ1) is 7.69. The third-order valence-corrected chi connectivity index (χ3v) is 2.61. The van der Waals surface area contributed by atoms with Crippen LogP contribution in [0.3, 0.4) is 0 Å². The molecule has 0 aliphatic heterocycles. The van der Waals surface area contributed by atoms with E-state index in [2.05, 4.69) is 28.7 Å². The largest absolute Gasteiger partial charge is 0.383 e. The minimum atomic E-state index is 0.410. The highest BCUT2D eigenvalue weighted by Crippen LogP contribution is 2.14. The Bertz CT molecular complexity index is 301. The quantitative estimate of drug-likeness (QED) is 0.789. The van der Waals surface area contributed by atoms with Crippen LogP contribution in [0.4, 0.5) is 11.6 Å². The van der Waals surface area contributed by atoms with Gasteiger partial charge in [0.15, 0.2) is 0 Å². The molecule has 1 heterocycles. The third-order valence-electron chi connectivity index (χ3n) is 2.61. The Balaban J connectivity index is 2.78. The molecule has 0 aromatic carbocycles. The van der Waals surface area contributed by atoms with Crippen LogP contribution in [0.15, 0.2) is 12.4 Å². The molecule has 0 radical (unpaired) electrons. The van der Waals surface area contributed by atoms with Crippen LogP contribution in [0.5, 0.6) is 0 Å². The van der Waals surface area contributed by atoms with E-state index in [4.69, 9.17) is 10.5 Å². The fourth-order valence-corrected chi connectivity index (χ4v) is 1.45. The van der Waals surface area contributed by atoms with Gasteiger partial charge in [0.1, 0.15) is 11.6 Å². The molecular formula is C11H20N4O. The zero-order valence-electron chi connectivity index (χ0n) is 10.2. The number of nitrogens with two attached hydrogens (primary N) is 1. The van der Waals surface area contributed by atoms with E-state index in [1.54, 1.807) is 19.5 Å². The molecule has 0 saturated heterocycles. The highest BCUT2D eigenvalue weighted by Gasteiger charge is 2.13. The summed E-state index contributed by atoms with van der Waals surface area (Å²) in [5.74, 6) is 1.29. The predicted molar refractivity (Wildman–Crippen MR) is 65.4 cm³/mol. The molecule has 5 nitrogen and oxygen atoms in total. The summed E-state index contributed by atoms with van der Waals surface area (Å²) in [7, 11) is 1.70. The molecule has 1 unspecified atom stereocenters. The molecule has 0 amide bonds. The van der Waals surface area contributed by atoms with Gasteiger partial charge in [-0.05, 0) is 13.3 Å². The molecule has 0 aliphatic carbocycles. The number of hydrogen-bond donors (Lipinski definition) is 1.